The monoisotopic (exact) mass is 442 g/mol. The fourth-order valence-electron chi connectivity index (χ4n) is 4.15. The molecule has 7 nitrogen and oxygen atoms in total. The highest BCUT2D eigenvalue weighted by Gasteiger charge is 2.51. The van der Waals surface area contributed by atoms with Crippen molar-refractivity contribution >= 4 is 17.9 Å². The first kappa shape index (κ1) is 29.1. The highest BCUT2D eigenvalue weighted by atomic mass is 16.4. The minimum atomic E-state index is -1.22. The van der Waals surface area contributed by atoms with Gasteiger partial charge in [0.2, 0.25) is 0 Å². The molecule has 180 valence electrons. The first-order chi connectivity index (χ1) is 14.6. The lowest BCUT2D eigenvalue weighted by Crippen LogP contribution is -2.67. The van der Waals surface area contributed by atoms with Gasteiger partial charge in [0.25, 0.3) is 0 Å². The predicted molar refractivity (Wildman–Crippen MR) is 122 cm³/mol. The molecule has 0 saturated carbocycles. The highest BCUT2D eigenvalue weighted by Crippen LogP contribution is 2.27. The van der Waals surface area contributed by atoms with E-state index in [1.54, 1.807) is 6.08 Å². The molecule has 0 rings (SSSR count). The number of aliphatic carboxylic acids is 3. The Morgan fingerprint density at radius 3 is 1.29 bits per heavy atom. The molecular formula is C24H44NO6+. The number of carboxylic acid groups (broad SMARTS) is 3. The van der Waals surface area contributed by atoms with E-state index < -0.39 is 40.5 Å². The third kappa shape index (κ3) is 9.85. The molecule has 0 aromatic heterocycles. The fourth-order valence-corrected chi connectivity index (χ4v) is 4.15. The van der Waals surface area contributed by atoms with Crippen LogP contribution in [0.15, 0.2) is 12.3 Å². The van der Waals surface area contributed by atoms with E-state index in [1.165, 1.54) is 78.3 Å². The first-order valence-electron chi connectivity index (χ1n) is 11.9. The molecule has 0 heterocycles. The maximum absolute atomic E-state index is 11.7. The van der Waals surface area contributed by atoms with Crippen molar-refractivity contribution in [1.29, 1.82) is 0 Å². The van der Waals surface area contributed by atoms with Crippen LogP contribution in [0.2, 0.25) is 0 Å². The second kappa shape index (κ2) is 15.8. The van der Waals surface area contributed by atoms with E-state index in [4.69, 9.17) is 0 Å². The SMILES string of the molecule is CCCCCCCCCCCCC/C=C/[N+](C(C)C(=O)O)(C(C)C(=O)O)C(C)C(=O)O. The number of carbonyl (C=O) groups is 3. The fraction of sp³-hybridized carbons (Fsp3) is 0.792. The number of quaternary nitrogens is 1. The summed E-state index contributed by atoms with van der Waals surface area (Å²) in [7, 11) is 0. The summed E-state index contributed by atoms with van der Waals surface area (Å²) in [5, 5.41) is 28.6. The van der Waals surface area contributed by atoms with E-state index in [0.29, 0.717) is 6.42 Å². The first-order valence-corrected chi connectivity index (χ1v) is 11.9. The zero-order chi connectivity index (χ0) is 23.9. The molecule has 0 aliphatic carbocycles. The van der Waals surface area contributed by atoms with Crippen LogP contribution in [0.25, 0.3) is 0 Å². The van der Waals surface area contributed by atoms with Crippen molar-refractivity contribution < 1.29 is 34.2 Å². The highest BCUT2D eigenvalue weighted by molar-refractivity contribution is 5.77. The van der Waals surface area contributed by atoms with Crippen molar-refractivity contribution in [3.8, 4) is 0 Å². The molecule has 3 N–H and O–H groups in total. The third-order valence-corrected chi connectivity index (χ3v) is 6.42. The van der Waals surface area contributed by atoms with Gasteiger partial charge in [0.1, 0.15) is 0 Å². The second-order valence-corrected chi connectivity index (χ2v) is 8.65. The number of unbranched alkanes of at least 4 members (excludes halogenated alkanes) is 11. The quantitative estimate of drug-likeness (QED) is 0.181. The van der Waals surface area contributed by atoms with E-state index in [-0.39, 0.29) is 0 Å². The number of allylic oxidation sites excluding steroid dienone is 1. The van der Waals surface area contributed by atoms with Gasteiger partial charge in [-0.1, -0.05) is 71.1 Å². The zero-order valence-corrected chi connectivity index (χ0v) is 19.9. The third-order valence-electron chi connectivity index (χ3n) is 6.42. The van der Waals surface area contributed by atoms with E-state index in [1.807, 2.05) is 0 Å². The summed E-state index contributed by atoms with van der Waals surface area (Å²) in [5.74, 6) is -3.67. The molecule has 3 unspecified atom stereocenters. The lowest BCUT2D eigenvalue weighted by molar-refractivity contribution is -0.922. The smallest absolute Gasteiger partial charge is 0.362 e. The summed E-state index contributed by atoms with van der Waals surface area (Å²) in [4.78, 5) is 35.1. The Balaban J connectivity index is 4.73. The Hall–Kier alpha value is -1.89. The standard InChI is InChI=1S/C24H43NO6/c1-5-6-7-8-9-10-11-12-13-14-15-16-17-18-25(19(2)22(26)27,20(3)23(28)29)21(4)24(30)31/h17-21H,5-16H2,1-4H3,(H2-,26,27,28,29,30,31)/p+1/b18-17+. The molecule has 0 aliphatic heterocycles. The lowest BCUT2D eigenvalue weighted by Gasteiger charge is -2.44. The molecule has 0 fully saturated rings. The van der Waals surface area contributed by atoms with Crippen LogP contribution >= 0.6 is 0 Å². The van der Waals surface area contributed by atoms with Gasteiger partial charge in [0, 0.05) is 0 Å². The molecule has 0 radical (unpaired) electrons. The predicted octanol–water partition coefficient (Wildman–Crippen LogP) is 5.44. The Labute approximate surface area is 187 Å². The number of rotatable bonds is 19. The van der Waals surface area contributed by atoms with Crippen LogP contribution < -0.4 is 0 Å². The molecule has 31 heavy (non-hydrogen) atoms. The van der Waals surface area contributed by atoms with Gasteiger partial charge in [-0.15, -0.1) is 0 Å². The summed E-state index contributed by atoms with van der Waals surface area (Å²) < 4.78 is -0.655. The van der Waals surface area contributed by atoms with Gasteiger partial charge in [-0.05, 0) is 39.7 Å². The second-order valence-electron chi connectivity index (χ2n) is 8.65. The minimum absolute atomic E-state index is 0.655. The van der Waals surface area contributed by atoms with Crippen LogP contribution in [-0.4, -0.2) is 55.8 Å². The van der Waals surface area contributed by atoms with Crippen molar-refractivity contribution in [3.05, 3.63) is 12.3 Å². The van der Waals surface area contributed by atoms with E-state index >= 15 is 0 Å². The zero-order valence-electron chi connectivity index (χ0n) is 19.9. The minimum Gasteiger partial charge on any atom is -0.477 e. The number of hydrogen-bond acceptors (Lipinski definition) is 3. The summed E-state index contributed by atoms with van der Waals surface area (Å²) in [5.41, 5.74) is 0. The molecule has 0 amide bonds. The van der Waals surface area contributed by atoms with Crippen molar-refractivity contribution in [3.63, 3.8) is 0 Å². The number of nitrogens with zero attached hydrogens (tertiary/aromatic N) is 1. The number of carboxylic acids is 3. The Bertz CT molecular complexity index is 524. The van der Waals surface area contributed by atoms with Gasteiger partial charge in [-0.2, -0.15) is 0 Å². The molecule has 7 heteroatoms. The van der Waals surface area contributed by atoms with Crippen LogP contribution in [-0.2, 0) is 14.4 Å². The van der Waals surface area contributed by atoms with Gasteiger partial charge in [-0.25, -0.2) is 14.4 Å². The molecular weight excluding hydrogens is 398 g/mol. The molecule has 0 spiro atoms. The molecule has 3 atom stereocenters. The van der Waals surface area contributed by atoms with Crippen LogP contribution in [0.5, 0.6) is 0 Å². The van der Waals surface area contributed by atoms with Crippen LogP contribution in [0.3, 0.4) is 0 Å². The van der Waals surface area contributed by atoms with E-state index in [0.717, 1.165) is 19.3 Å². The van der Waals surface area contributed by atoms with Crippen LogP contribution in [0, 0.1) is 0 Å². The molecule has 0 aromatic rings. The average Bonchev–Trinajstić information content (AvgIpc) is 2.72. The maximum Gasteiger partial charge on any atom is 0.362 e. The van der Waals surface area contributed by atoms with Crippen molar-refractivity contribution in [1.82, 2.24) is 0 Å². The van der Waals surface area contributed by atoms with Gasteiger partial charge in [0.15, 0.2) is 18.1 Å². The topological polar surface area (TPSA) is 112 Å². The maximum atomic E-state index is 11.7. The Kier molecular flexibility index (Phi) is 14.9. The summed E-state index contributed by atoms with van der Waals surface area (Å²) in [6, 6.07) is -3.61. The average molecular weight is 443 g/mol. The van der Waals surface area contributed by atoms with Crippen molar-refractivity contribution in [2.75, 3.05) is 0 Å². The van der Waals surface area contributed by atoms with E-state index in [2.05, 4.69) is 6.92 Å². The van der Waals surface area contributed by atoms with Crippen molar-refractivity contribution in [2.45, 2.75) is 123 Å². The van der Waals surface area contributed by atoms with Crippen molar-refractivity contribution in [2.24, 2.45) is 0 Å². The van der Waals surface area contributed by atoms with Crippen LogP contribution in [0.4, 0.5) is 0 Å². The Morgan fingerprint density at radius 2 is 0.968 bits per heavy atom. The Morgan fingerprint density at radius 1 is 0.645 bits per heavy atom. The number of hydrogen-bond donors (Lipinski definition) is 3. The van der Waals surface area contributed by atoms with Crippen LogP contribution in [0.1, 0.15) is 105 Å². The summed E-state index contributed by atoms with van der Waals surface area (Å²) in [6.07, 6.45) is 17.4. The normalized spacial score (nSPS) is 16.5. The van der Waals surface area contributed by atoms with Gasteiger partial charge >= 0.3 is 17.9 Å². The lowest BCUT2D eigenvalue weighted by atomic mass is 10.0. The summed E-state index contributed by atoms with van der Waals surface area (Å²) in [6.45, 7) is 6.33. The molecule has 0 aliphatic rings. The van der Waals surface area contributed by atoms with Gasteiger partial charge in [0.05, 0.1) is 6.20 Å². The largest absolute Gasteiger partial charge is 0.477 e. The summed E-state index contributed by atoms with van der Waals surface area (Å²) >= 11 is 0. The molecule has 0 bridgehead atoms. The molecule has 0 saturated heterocycles. The van der Waals surface area contributed by atoms with Gasteiger partial charge < -0.3 is 15.3 Å². The molecule has 0 aromatic carbocycles. The van der Waals surface area contributed by atoms with Gasteiger partial charge in [-0.3, -0.25) is 4.48 Å². The van der Waals surface area contributed by atoms with E-state index in [9.17, 15) is 29.7 Å².